The van der Waals surface area contributed by atoms with E-state index in [-0.39, 0.29) is 23.5 Å². The lowest BCUT2D eigenvalue weighted by atomic mass is 10.1. The highest BCUT2D eigenvalue weighted by Crippen LogP contribution is 2.24. The van der Waals surface area contributed by atoms with Crippen molar-refractivity contribution in [2.75, 3.05) is 5.32 Å². The number of fused-ring (bicyclic) bond motifs is 1. The van der Waals surface area contributed by atoms with E-state index in [4.69, 9.17) is 12.2 Å². The van der Waals surface area contributed by atoms with Crippen molar-refractivity contribution < 1.29 is 9.59 Å². The molecule has 1 fully saturated rings. The highest BCUT2D eigenvalue weighted by Gasteiger charge is 2.21. The Labute approximate surface area is 160 Å². The van der Waals surface area contributed by atoms with Crippen LogP contribution in [-0.2, 0) is 16.1 Å². The number of para-hydroxylation sites is 2. The van der Waals surface area contributed by atoms with Crippen LogP contribution in [0.15, 0.2) is 66.5 Å². The number of hydrogen-bond acceptors (Lipinski definition) is 3. The molecule has 0 spiro atoms. The Kier molecular flexibility index (Phi) is 4.43. The van der Waals surface area contributed by atoms with Crippen LogP contribution in [0.3, 0.4) is 0 Å². The van der Waals surface area contributed by atoms with E-state index in [0.29, 0.717) is 5.70 Å². The molecule has 0 unspecified atom stereocenters. The maximum atomic E-state index is 12.4. The van der Waals surface area contributed by atoms with E-state index < -0.39 is 0 Å². The zero-order valence-electron chi connectivity index (χ0n) is 14.2. The van der Waals surface area contributed by atoms with Gasteiger partial charge in [-0.25, -0.2) is 0 Å². The Balaban J connectivity index is 1.64. The van der Waals surface area contributed by atoms with E-state index in [1.807, 2.05) is 65.4 Å². The fourth-order valence-electron chi connectivity index (χ4n) is 3.04. The van der Waals surface area contributed by atoms with Gasteiger partial charge < -0.3 is 15.2 Å². The lowest BCUT2D eigenvalue weighted by molar-refractivity contribution is -0.117. The average molecular weight is 376 g/mol. The Morgan fingerprint density at radius 2 is 1.81 bits per heavy atom. The maximum Gasteiger partial charge on any atom is 0.273 e. The van der Waals surface area contributed by atoms with Crippen molar-refractivity contribution in [3.63, 3.8) is 0 Å². The largest absolute Gasteiger partial charge is 0.337 e. The van der Waals surface area contributed by atoms with Crippen LogP contribution in [0.1, 0.15) is 5.56 Å². The van der Waals surface area contributed by atoms with E-state index >= 15 is 0 Å². The number of thiocarbonyl (C=S) groups is 1. The van der Waals surface area contributed by atoms with E-state index in [1.54, 1.807) is 6.08 Å². The van der Waals surface area contributed by atoms with Gasteiger partial charge in [-0.15, -0.1) is 0 Å². The molecule has 3 N–H and O–H groups in total. The molecular formula is C20H16N4O2S. The molecule has 4 rings (SSSR count). The van der Waals surface area contributed by atoms with Crippen LogP contribution in [0.25, 0.3) is 17.0 Å². The number of aromatic nitrogens is 1. The summed E-state index contributed by atoms with van der Waals surface area (Å²) in [5, 5.41) is 9.51. The Bertz CT molecular complexity index is 1090. The predicted molar refractivity (Wildman–Crippen MR) is 109 cm³/mol. The average Bonchev–Trinajstić information content (AvgIpc) is 3.16. The second kappa shape index (κ2) is 7.05. The van der Waals surface area contributed by atoms with Crippen LogP contribution < -0.4 is 16.0 Å². The molecule has 0 saturated carbocycles. The van der Waals surface area contributed by atoms with Crippen molar-refractivity contribution in [2.24, 2.45) is 0 Å². The Morgan fingerprint density at radius 3 is 2.56 bits per heavy atom. The molecule has 3 aromatic rings. The number of anilines is 1. The normalized spacial score (nSPS) is 15.0. The molecule has 0 radical (unpaired) electrons. The zero-order valence-corrected chi connectivity index (χ0v) is 15.0. The fourth-order valence-corrected chi connectivity index (χ4v) is 3.24. The first kappa shape index (κ1) is 17.0. The van der Waals surface area contributed by atoms with E-state index in [2.05, 4.69) is 16.0 Å². The van der Waals surface area contributed by atoms with Gasteiger partial charge in [-0.3, -0.25) is 14.9 Å². The highest BCUT2D eigenvalue weighted by atomic mass is 32.1. The van der Waals surface area contributed by atoms with Gasteiger partial charge in [-0.2, -0.15) is 0 Å². The Morgan fingerprint density at radius 1 is 1.07 bits per heavy atom. The SMILES string of the molecule is O=C(Cn1cc(C=C2NC(=S)NC2=O)c2ccccc21)Nc1ccccc1. The van der Waals surface area contributed by atoms with Crippen LogP contribution in [0.5, 0.6) is 0 Å². The molecule has 0 bridgehead atoms. The van der Waals surface area contributed by atoms with E-state index in [0.717, 1.165) is 22.2 Å². The summed E-state index contributed by atoms with van der Waals surface area (Å²) < 4.78 is 1.87. The highest BCUT2D eigenvalue weighted by molar-refractivity contribution is 7.80. The second-order valence-corrected chi connectivity index (χ2v) is 6.52. The molecule has 0 aliphatic carbocycles. The molecule has 2 aromatic carbocycles. The third kappa shape index (κ3) is 3.58. The monoisotopic (exact) mass is 376 g/mol. The maximum absolute atomic E-state index is 12.4. The van der Waals surface area contributed by atoms with Crippen molar-refractivity contribution in [3.8, 4) is 0 Å². The van der Waals surface area contributed by atoms with Crippen LogP contribution in [0, 0.1) is 0 Å². The molecule has 6 nitrogen and oxygen atoms in total. The number of hydrogen-bond donors (Lipinski definition) is 3. The molecular weight excluding hydrogens is 360 g/mol. The summed E-state index contributed by atoms with van der Waals surface area (Å²) in [5.41, 5.74) is 2.88. The Hall–Kier alpha value is -3.45. The molecule has 134 valence electrons. The third-order valence-electron chi connectivity index (χ3n) is 4.21. The van der Waals surface area contributed by atoms with Gasteiger partial charge in [0.05, 0.1) is 0 Å². The van der Waals surface area contributed by atoms with Gasteiger partial charge in [0.15, 0.2) is 5.11 Å². The van der Waals surface area contributed by atoms with Gasteiger partial charge in [-0.05, 0) is 36.5 Å². The van der Waals surface area contributed by atoms with Gasteiger partial charge >= 0.3 is 0 Å². The van der Waals surface area contributed by atoms with Crippen molar-refractivity contribution in [1.29, 1.82) is 0 Å². The van der Waals surface area contributed by atoms with Crippen molar-refractivity contribution >= 4 is 51.8 Å². The van der Waals surface area contributed by atoms with Crippen LogP contribution >= 0.6 is 12.2 Å². The number of nitrogens with zero attached hydrogens (tertiary/aromatic N) is 1. The summed E-state index contributed by atoms with van der Waals surface area (Å²) in [5.74, 6) is -0.391. The first-order chi connectivity index (χ1) is 13.1. The van der Waals surface area contributed by atoms with Crippen molar-refractivity contribution in [3.05, 3.63) is 72.1 Å². The van der Waals surface area contributed by atoms with Crippen LogP contribution in [0.4, 0.5) is 5.69 Å². The van der Waals surface area contributed by atoms with Gasteiger partial charge in [0, 0.05) is 28.4 Å². The molecule has 7 heteroatoms. The standard InChI is InChI=1S/C20H16N4O2S/c25-18(21-14-6-2-1-3-7-14)12-24-11-13(15-8-4-5-9-17(15)24)10-16-19(26)23-20(27)22-16/h1-11H,12H2,(H,21,25)(H2,22,23,26,27). The number of rotatable bonds is 4. The van der Waals surface area contributed by atoms with Crippen LogP contribution in [-0.4, -0.2) is 21.5 Å². The molecule has 1 aliphatic rings. The topological polar surface area (TPSA) is 75.2 Å². The third-order valence-corrected chi connectivity index (χ3v) is 4.41. The smallest absolute Gasteiger partial charge is 0.273 e. The molecule has 27 heavy (non-hydrogen) atoms. The molecule has 2 heterocycles. The van der Waals surface area contributed by atoms with Crippen LogP contribution in [0.2, 0.25) is 0 Å². The first-order valence-corrected chi connectivity index (χ1v) is 8.78. The van der Waals surface area contributed by atoms with Crippen molar-refractivity contribution in [2.45, 2.75) is 6.54 Å². The number of nitrogens with one attached hydrogen (secondary N) is 3. The fraction of sp³-hybridized carbons (Fsp3) is 0.0500. The molecule has 2 amide bonds. The van der Waals surface area contributed by atoms with Gasteiger partial charge in [0.25, 0.3) is 5.91 Å². The summed E-state index contributed by atoms with van der Waals surface area (Å²) in [6.45, 7) is 0.163. The quantitative estimate of drug-likeness (QED) is 0.483. The van der Waals surface area contributed by atoms with E-state index in [9.17, 15) is 9.59 Å². The summed E-state index contributed by atoms with van der Waals surface area (Å²) in [6, 6.07) is 17.1. The summed E-state index contributed by atoms with van der Waals surface area (Å²) in [7, 11) is 0. The van der Waals surface area contributed by atoms with Gasteiger partial charge in [0.2, 0.25) is 5.91 Å². The lowest BCUT2D eigenvalue weighted by Crippen LogP contribution is -2.21. The number of benzene rings is 2. The second-order valence-electron chi connectivity index (χ2n) is 6.11. The minimum atomic E-state index is -0.265. The van der Waals surface area contributed by atoms with Crippen molar-refractivity contribution in [1.82, 2.24) is 15.2 Å². The van der Waals surface area contributed by atoms with Gasteiger partial charge in [-0.1, -0.05) is 36.4 Å². The number of carbonyl (C=O) groups is 2. The predicted octanol–water partition coefficient (Wildman–Crippen LogP) is 2.63. The molecule has 0 atom stereocenters. The molecule has 1 aromatic heterocycles. The van der Waals surface area contributed by atoms with Gasteiger partial charge in [0.1, 0.15) is 12.2 Å². The lowest BCUT2D eigenvalue weighted by Gasteiger charge is -2.07. The molecule has 1 saturated heterocycles. The minimum Gasteiger partial charge on any atom is -0.337 e. The zero-order chi connectivity index (χ0) is 18.8. The summed E-state index contributed by atoms with van der Waals surface area (Å²) in [6.07, 6.45) is 3.60. The molecule has 1 aliphatic heterocycles. The summed E-state index contributed by atoms with van der Waals surface area (Å²) in [4.78, 5) is 24.3. The number of carbonyl (C=O) groups excluding carboxylic acids is 2. The first-order valence-electron chi connectivity index (χ1n) is 8.37. The summed E-state index contributed by atoms with van der Waals surface area (Å²) >= 11 is 4.97. The minimum absolute atomic E-state index is 0.126. The van der Waals surface area contributed by atoms with E-state index in [1.165, 1.54) is 0 Å². The number of amides is 2.